The number of hydrogen-bond donors (Lipinski definition) is 2. The average Bonchev–Trinajstić information content (AvgIpc) is 2.72. The molecule has 1 heterocycles. The summed E-state index contributed by atoms with van der Waals surface area (Å²) in [6.45, 7) is 5.20. The molecule has 2 rings (SSSR count). The summed E-state index contributed by atoms with van der Waals surface area (Å²) in [6.07, 6.45) is 0.785. The first-order valence-electron chi connectivity index (χ1n) is 7.37. The molecule has 6 nitrogen and oxygen atoms in total. The molecule has 0 aliphatic carbocycles. The molecule has 2 N–H and O–H groups in total. The van der Waals surface area contributed by atoms with Crippen LogP contribution in [0.3, 0.4) is 0 Å². The highest BCUT2D eigenvalue weighted by Gasteiger charge is 2.49. The van der Waals surface area contributed by atoms with E-state index < -0.39 is 17.5 Å². The van der Waals surface area contributed by atoms with Crippen molar-refractivity contribution in [1.82, 2.24) is 15.5 Å². The zero-order chi connectivity index (χ0) is 16.3. The molecule has 1 aromatic rings. The van der Waals surface area contributed by atoms with Gasteiger partial charge in [-0.3, -0.25) is 14.5 Å². The lowest BCUT2D eigenvalue weighted by Gasteiger charge is -2.22. The molecular weight excluding hydrogens is 282 g/mol. The first-order chi connectivity index (χ1) is 10.4. The Morgan fingerprint density at radius 3 is 2.55 bits per heavy atom. The zero-order valence-electron chi connectivity index (χ0n) is 13.1. The third-order valence-corrected chi connectivity index (χ3v) is 3.95. The Bertz CT molecular complexity index is 588. The van der Waals surface area contributed by atoms with Gasteiger partial charge in [0.05, 0.1) is 0 Å². The van der Waals surface area contributed by atoms with Crippen LogP contribution in [0.2, 0.25) is 0 Å². The van der Waals surface area contributed by atoms with E-state index in [0.717, 1.165) is 11.3 Å². The number of imide groups is 1. The van der Waals surface area contributed by atoms with E-state index >= 15 is 0 Å². The number of benzene rings is 1. The number of carbonyl (C=O) groups is 3. The Morgan fingerprint density at radius 1 is 1.32 bits per heavy atom. The van der Waals surface area contributed by atoms with Crippen LogP contribution in [0.15, 0.2) is 30.3 Å². The van der Waals surface area contributed by atoms with Gasteiger partial charge in [-0.25, -0.2) is 4.79 Å². The first kappa shape index (κ1) is 16.0. The summed E-state index contributed by atoms with van der Waals surface area (Å²) in [5.74, 6) is -0.752. The number of hydrogen-bond acceptors (Lipinski definition) is 3. The van der Waals surface area contributed by atoms with Crippen LogP contribution in [0.4, 0.5) is 4.79 Å². The third kappa shape index (κ3) is 2.95. The summed E-state index contributed by atoms with van der Waals surface area (Å²) in [4.78, 5) is 37.6. The minimum Gasteiger partial charge on any atom is -0.352 e. The van der Waals surface area contributed by atoms with Crippen molar-refractivity contribution >= 4 is 17.8 Å². The van der Waals surface area contributed by atoms with Crippen molar-refractivity contribution in [3.8, 4) is 0 Å². The lowest BCUT2D eigenvalue weighted by molar-refractivity contribution is -0.135. The lowest BCUT2D eigenvalue weighted by Crippen LogP contribution is -2.44. The molecule has 0 spiro atoms. The van der Waals surface area contributed by atoms with Crippen LogP contribution >= 0.6 is 0 Å². The smallest absolute Gasteiger partial charge is 0.325 e. The van der Waals surface area contributed by atoms with Gasteiger partial charge >= 0.3 is 6.03 Å². The van der Waals surface area contributed by atoms with E-state index in [0.29, 0.717) is 5.56 Å². The molecule has 4 amide bonds. The molecule has 0 radical (unpaired) electrons. The molecule has 118 valence electrons. The molecule has 1 aromatic carbocycles. The Morgan fingerprint density at radius 2 is 1.95 bits per heavy atom. The van der Waals surface area contributed by atoms with E-state index in [2.05, 4.69) is 10.6 Å². The second-order valence-corrected chi connectivity index (χ2v) is 5.69. The number of urea groups is 1. The Hall–Kier alpha value is -2.37. The molecule has 1 aliphatic rings. The van der Waals surface area contributed by atoms with E-state index in [-0.39, 0.29) is 18.5 Å². The lowest BCUT2D eigenvalue weighted by atomic mass is 9.92. The highest BCUT2D eigenvalue weighted by Crippen LogP contribution is 2.28. The van der Waals surface area contributed by atoms with E-state index in [4.69, 9.17) is 0 Å². The molecule has 1 saturated heterocycles. The predicted octanol–water partition coefficient (Wildman–Crippen LogP) is 1.37. The van der Waals surface area contributed by atoms with E-state index in [1.165, 1.54) is 0 Å². The monoisotopic (exact) mass is 303 g/mol. The van der Waals surface area contributed by atoms with E-state index in [1.54, 1.807) is 31.2 Å². The van der Waals surface area contributed by atoms with Crippen molar-refractivity contribution < 1.29 is 14.4 Å². The van der Waals surface area contributed by atoms with Crippen molar-refractivity contribution in [2.24, 2.45) is 0 Å². The minimum absolute atomic E-state index is 0.00812. The number of amides is 4. The highest BCUT2D eigenvalue weighted by molar-refractivity contribution is 6.09. The van der Waals surface area contributed by atoms with Crippen LogP contribution in [0, 0.1) is 0 Å². The van der Waals surface area contributed by atoms with Gasteiger partial charge < -0.3 is 10.6 Å². The van der Waals surface area contributed by atoms with Gasteiger partial charge in [0, 0.05) is 6.04 Å². The normalized spacial score (nSPS) is 22.4. The van der Waals surface area contributed by atoms with Crippen molar-refractivity contribution in [3.63, 3.8) is 0 Å². The summed E-state index contributed by atoms with van der Waals surface area (Å²) < 4.78 is 0. The number of rotatable bonds is 5. The van der Waals surface area contributed by atoms with Gasteiger partial charge in [0.2, 0.25) is 5.91 Å². The van der Waals surface area contributed by atoms with Gasteiger partial charge in [-0.2, -0.15) is 0 Å². The van der Waals surface area contributed by atoms with Crippen molar-refractivity contribution in [2.75, 3.05) is 6.54 Å². The molecule has 1 fully saturated rings. The Labute approximate surface area is 129 Å². The molecular formula is C16H21N3O3. The molecule has 0 unspecified atom stereocenters. The fraction of sp³-hybridized carbons (Fsp3) is 0.438. The van der Waals surface area contributed by atoms with Gasteiger partial charge in [0.1, 0.15) is 12.1 Å². The fourth-order valence-corrected chi connectivity index (χ4v) is 2.37. The van der Waals surface area contributed by atoms with Gasteiger partial charge in [0.15, 0.2) is 0 Å². The second-order valence-electron chi connectivity index (χ2n) is 5.69. The minimum atomic E-state index is -1.13. The summed E-state index contributed by atoms with van der Waals surface area (Å²) >= 11 is 0. The second kappa shape index (κ2) is 6.17. The molecule has 0 aromatic heterocycles. The summed E-state index contributed by atoms with van der Waals surface area (Å²) in [6, 6.07) is 8.47. The van der Waals surface area contributed by atoms with Crippen LogP contribution in [0.5, 0.6) is 0 Å². The number of nitrogens with one attached hydrogen (secondary N) is 2. The van der Waals surface area contributed by atoms with Gasteiger partial charge in [-0.15, -0.1) is 0 Å². The molecule has 6 heteroatoms. The topological polar surface area (TPSA) is 78.5 Å². The number of carbonyl (C=O) groups excluding carboxylic acids is 3. The van der Waals surface area contributed by atoms with Crippen molar-refractivity contribution in [3.05, 3.63) is 35.9 Å². The molecule has 22 heavy (non-hydrogen) atoms. The van der Waals surface area contributed by atoms with Crippen LogP contribution in [-0.2, 0) is 15.1 Å². The van der Waals surface area contributed by atoms with Crippen molar-refractivity contribution in [2.45, 2.75) is 38.8 Å². The Kier molecular flexibility index (Phi) is 4.49. The molecule has 0 bridgehead atoms. The van der Waals surface area contributed by atoms with Gasteiger partial charge in [-0.05, 0) is 25.8 Å². The highest BCUT2D eigenvalue weighted by atomic mass is 16.2. The first-order valence-corrected chi connectivity index (χ1v) is 7.37. The van der Waals surface area contributed by atoms with Gasteiger partial charge in [-0.1, -0.05) is 37.3 Å². The summed E-state index contributed by atoms with van der Waals surface area (Å²) in [5.41, 5.74) is -0.437. The van der Waals surface area contributed by atoms with Crippen molar-refractivity contribution in [1.29, 1.82) is 0 Å². The molecule has 0 saturated carbocycles. The van der Waals surface area contributed by atoms with E-state index in [1.807, 2.05) is 19.9 Å². The van der Waals surface area contributed by atoms with Gasteiger partial charge in [0.25, 0.3) is 5.91 Å². The maximum atomic E-state index is 12.6. The number of nitrogens with zero attached hydrogens (tertiary/aromatic N) is 1. The van der Waals surface area contributed by atoms with Crippen LogP contribution in [0.1, 0.15) is 32.8 Å². The molecule has 1 aliphatic heterocycles. The van der Waals surface area contributed by atoms with Crippen LogP contribution in [0.25, 0.3) is 0 Å². The largest absolute Gasteiger partial charge is 0.352 e. The summed E-state index contributed by atoms with van der Waals surface area (Å²) in [5, 5.41) is 5.43. The summed E-state index contributed by atoms with van der Waals surface area (Å²) in [7, 11) is 0. The fourth-order valence-electron chi connectivity index (χ4n) is 2.37. The van der Waals surface area contributed by atoms with Crippen LogP contribution < -0.4 is 10.6 Å². The predicted molar refractivity (Wildman–Crippen MR) is 81.9 cm³/mol. The SMILES string of the molecule is CC[C@@H](C)NC(=O)CN1C(=O)N[C@](C)(c2ccccc2)C1=O. The molecule has 2 atom stereocenters. The standard InChI is InChI=1S/C16H21N3O3/c1-4-11(2)17-13(20)10-19-14(21)16(3,18-15(19)22)12-8-6-5-7-9-12/h5-9,11H,4,10H2,1-3H3,(H,17,20)(H,18,22)/t11-,16-/m1/s1. The zero-order valence-corrected chi connectivity index (χ0v) is 13.1. The quantitative estimate of drug-likeness (QED) is 0.806. The van der Waals surface area contributed by atoms with E-state index in [9.17, 15) is 14.4 Å². The average molecular weight is 303 g/mol. The van der Waals surface area contributed by atoms with Crippen LogP contribution in [-0.4, -0.2) is 35.3 Å². The maximum Gasteiger partial charge on any atom is 0.325 e. The Balaban J connectivity index is 2.14. The maximum absolute atomic E-state index is 12.6. The third-order valence-electron chi connectivity index (χ3n) is 3.95.